The molecule has 1 saturated carbocycles. The number of nitrogens with one attached hydrogen (secondary N) is 1. The Bertz CT molecular complexity index is 1090. The molecular formula is C22H28N6O2. The molecule has 0 bridgehead atoms. The Morgan fingerprint density at radius 3 is 2.67 bits per heavy atom. The van der Waals surface area contributed by atoms with E-state index in [2.05, 4.69) is 31.5 Å². The van der Waals surface area contributed by atoms with Gasteiger partial charge in [0.05, 0.1) is 12.1 Å². The molecule has 8 nitrogen and oxygen atoms in total. The number of nitrogens with zero attached hydrogens (tertiary/aromatic N) is 5. The first-order chi connectivity index (χ1) is 14.6. The van der Waals surface area contributed by atoms with E-state index < -0.39 is 0 Å². The first kappa shape index (κ1) is 19.4. The van der Waals surface area contributed by atoms with Gasteiger partial charge in [0.25, 0.3) is 5.56 Å². The summed E-state index contributed by atoms with van der Waals surface area (Å²) in [5.74, 6) is 0.732. The summed E-state index contributed by atoms with van der Waals surface area (Å²) in [6.07, 6.45) is 5.58. The summed E-state index contributed by atoms with van der Waals surface area (Å²) in [5.41, 5.74) is 2.54. The summed E-state index contributed by atoms with van der Waals surface area (Å²) in [6, 6.07) is 7.99. The Morgan fingerprint density at radius 1 is 1.13 bits per heavy atom. The van der Waals surface area contributed by atoms with Crippen LogP contribution >= 0.6 is 0 Å². The Balaban J connectivity index is 1.64. The molecule has 1 atom stereocenters. The summed E-state index contributed by atoms with van der Waals surface area (Å²) < 4.78 is 1.95. The van der Waals surface area contributed by atoms with Crippen LogP contribution in [0.1, 0.15) is 67.6 Å². The van der Waals surface area contributed by atoms with Gasteiger partial charge < -0.3 is 10.1 Å². The number of aromatic nitrogens is 5. The molecule has 2 aliphatic rings. The smallest absolute Gasteiger partial charge is 0.253 e. The van der Waals surface area contributed by atoms with E-state index in [1.54, 1.807) is 0 Å². The van der Waals surface area contributed by atoms with Crippen molar-refractivity contribution < 1.29 is 5.11 Å². The van der Waals surface area contributed by atoms with E-state index in [0.29, 0.717) is 31.5 Å². The quantitative estimate of drug-likeness (QED) is 0.688. The molecule has 8 heteroatoms. The van der Waals surface area contributed by atoms with Crippen molar-refractivity contribution >= 4 is 10.9 Å². The highest BCUT2D eigenvalue weighted by Crippen LogP contribution is 2.34. The van der Waals surface area contributed by atoms with Crippen LogP contribution in [-0.2, 0) is 0 Å². The van der Waals surface area contributed by atoms with Gasteiger partial charge in [0.2, 0.25) is 0 Å². The van der Waals surface area contributed by atoms with Gasteiger partial charge in [0.15, 0.2) is 5.82 Å². The highest BCUT2D eigenvalue weighted by atomic mass is 16.3. The second-order valence-corrected chi connectivity index (χ2v) is 8.73. The molecule has 3 aromatic rings. The monoisotopic (exact) mass is 408 g/mol. The van der Waals surface area contributed by atoms with Crippen molar-refractivity contribution in [1.82, 2.24) is 30.1 Å². The highest BCUT2D eigenvalue weighted by molar-refractivity contribution is 5.79. The SMILES string of the molecule is Cc1ccc2[nH]c(=O)c(C(c3nnnn3C3CCCC3)N3CCC(O)CC3)cc2c1. The molecule has 3 heterocycles. The summed E-state index contributed by atoms with van der Waals surface area (Å²) in [5, 5.41) is 23.8. The van der Waals surface area contributed by atoms with Crippen molar-refractivity contribution in [2.45, 2.75) is 63.6 Å². The number of piperidine rings is 1. The minimum atomic E-state index is -0.332. The molecule has 1 saturated heterocycles. The van der Waals surface area contributed by atoms with Crippen molar-refractivity contribution in [3.8, 4) is 0 Å². The molecule has 0 amide bonds. The van der Waals surface area contributed by atoms with E-state index in [-0.39, 0.29) is 23.7 Å². The molecule has 1 unspecified atom stereocenters. The fraction of sp³-hybridized carbons (Fsp3) is 0.545. The number of aliphatic hydroxyl groups is 1. The van der Waals surface area contributed by atoms with Crippen LogP contribution in [0.5, 0.6) is 0 Å². The van der Waals surface area contributed by atoms with Crippen LogP contribution in [0.25, 0.3) is 10.9 Å². The summed E-state index contributed by atoms with van der Waals surface area (Å²) in [6.45, 7) is 3.46. The molecule has 158 valence electrons. The fourth-order valence-electron chi connectivity index (χ4n) is 4.98. The fourth-order valence-corrected chi connectivity index (χ4v) is 4.98. The summed E-state index contributed by atoms with van der Waals surface area (Å²) in [4.78, 5) is 18.5. The average molecular weight is 409 g/mol. The number of aliphatic hydroxyl groups excluding tert-OH is 1. The second-order valence-electron chi connectivity index (χ2n) is 8.73. The first-order valence-electron chi connectivity index (χ1n) is 10.9. The number of rotatable bonds is 4. The number of H-pyrrole nitrogens is 1. The second kappa shape index (κ2) is 7.92. The largest absolute Gasteiger partial charge is 0.393 e. The van der Waals surface area contributed by atoms with E-state index in [0.717, 1.165) is 35.1 Å². The van der Waals surface area contributed by atoms with Crippen molar-refractivity contribution in [2.24, 2.45) is 0 Å². The van der Waals surface area contributed by atoms with Crippen molar-refractivity contribution in [2.75, 3.05) is 13.1 Å². The van der Waals surface area contributed by atoms with Crippen LogP contribution in [0.15, 0.2) is 29.1 Å². The molecule has 0 radical (unpaired) electrons. The number of hydrogen-bond donors (Lipinski definition) is 2. The number of hydrogen-bond acceptors (Lipinski definition) is 6. The number of benzene rings is 1. The van der Waals surface area contributed by atoms with Crippen LogP contribution in [0.3, 0.4) is 0 Å². The number of aromatic amines is 1. The van der Waals surface area contributed by atoms with Crippen LogP contribution in [0.4, 0.5) is 0 Å². The summed E-state index contributed by atoms with van der Waals surface area (Å²) in [7, 11) is 0. The van der Waals surface area contributed by atoms with E-state index in [1.807, 2.05) is 29.8 Å². The zero-order chi connectivity index (χ0) is 20.7. The van der Waals surface area contributed by atoms with Crippen molar-refractivity contribution in [3.05, 3.63) is 51.6 Å². The van der Waals surface area contributed by atoms with Gasteiger partial charge in [-0.25, -0.2) is 4.68 Å². The first-order valence-corrected chi connectivity index (χ1v) is 10.9. The Morgan fingerprint density at radius 2 is 1.90 bits per heavy atom. The lowest BCUT2D eigenvalue weighted by atomic mass is 9.99. The van der Waals surface area contributed by atoms with Gasteiger partial charge in [0.1, 0.15) is 6.04 Å². The van der Waals surface area contributed by atoms with Crippen LogP contribution in [-0.4, -0.2) is 54.4 Å². The number of likely N-dealkylation sites (tertiary alicyclic amines) is 1. The Hall–Kier alpha value is -2.58. The van der Waals surface area contributed by atoms with Gasteiger partial charge >= 0.3 is 0 Å². The maximum absolute atomic E-state index is 13.2. The van der Waals surface area contributed by atoms with Gasteiger partial charge in [-0.05, 0) is 66.6 Å². The van der Waals surface area contributed by atoms with Crippen molar-refractivity contribution in [3.63, 3.8) is 0 Å². The standard InChI is InChI=1S/C22H28N6O2/c1-14-6-7-19-15(12-14)13-18(22(30)23-19)20(27-10-8-17(29)9-11-27)21-24-25-26-28(21)16-4-2-3-5-16/h6-7,12-13,16-17,20,29H,2-5,8-11H2,1H3,(H,23,30). The minimum absolute atomic E-state index is 0.108. The van der Waals surface area contributed by atoms with E-state index in [1.165, 1.54) is 12.8 Å². The number of fused-ring (bicyclic) bond motifs is 1. The van der Waals surface area contributed by atoms with Crippen molar-refractivity contribution in [1.29, 1.82) is 0 Å². The molecule has 2 aromatic heterocycles. The molecule has 1 aliphatic carbocycles. The summed E-state index contributed by atoms with van der Waals surface area (Å²) >= 11 is 0. The third-order valence-electron chi connectivity index (χ3n) is 6.62. The lowest BCUT2D eigenvalue weighted by molar-refractivity contribution is 0.0654. The van der Waals surface area contributed by atoms with Gasteiger partial charge in [-0.2, -0.15) is 0 Å². The van der Waals surface area contributed by atoms with E-state index >= 15 is 0 Å². The maximum Gasteiger partial charge on any atom is 0.253 e. The molecule has 30 heavy (non-hydrogen) atoms. The molecule has 0 spiro atoms. The molecule has 2 N–H and O–H groups in total. The maximum atomic E-state index is 13.2. The van der Waals surface area contributed by atoms with Crippen LogP contribution in [0.2, 0.25) is 0 Å². The van der Waals surface area contributed by atoms with Crippen LogP contribution < -0.4 is 5.56 Å². The van der Waals surface area contributed by atoms with Gasteiger partial charge in [-0.1, -0.05) is 24.5 Å². The minimum Gasteiger partial charge on any atom is -0.393 e. The zero-order valence-electron chi connectivity index (χ0n) is 17.3. The molecule has 1 aliphatic heterocycles. The Kier molecular flexibility index (Phi) is 5.12. The zero-order valence-corrected chi connectivity index (χ0v) is 17.3. The molecule has 1 aromatic carbocycles. The third-order valence-corrected chi connectivity index (χ3v) is 6.62. The van der Waals surface area contributed by atoms with E-state index in [9.17, 15) is 9.90 Å². The highest BCUT2D eigenvalue weighted by Gasteiger charge is 2.34. The van der Waals surface area contributed by atoms with Gasteiger partial charge in [-0.3, -0.25) is 9.69 Å². The average Bonchev–Trinajstić information content (AvgIpc) is 3.42. The number of pyridine rings is 1. The topological polar surface area (TPSA) is 99.9 Å². The van der Waals surface area contributed by atoms with E-state index in [4.69, 9.17) is 0 Å². The van der Waals surface area contributed by atoms with Crippen LogP contribution in [0, 0.1) is 6.92 Å². The normalized spacial score (nSPS) is 20.2. The van der Waals surface area contributed by atoms with Gasteiger partial charge in [-0.15, -0.1) is 5.10 Å². The number of aryl methyl sites for hydroxylation is 1. The van der Waals surface area contributed by atoms with Gasteiger partial charge in [0, 0.05) is 24.2 Å². The molecular weight excluding hydrogens is 380 g/mol. The predicted octanol–water partition coefficient (Wildman–Crippen LogP) is 2.48. The Labute approximate surface area is 174 Å². The third kappa shape index (κ3) is 3.54. The predicted molar refractivity (Wildman–Crippen MR) is 113 cm³/mol. The number of tetrazole rings is 1. The lowest BCUT2D eigenvalue weighted by Gasteiger charge is -2.35. The molecule has 5 rings (SSSR count). The molecule has 2 fully saturated rings. The lowest BCUT2D eigenvalue weighted by Crippen LogP contribution is -2.42.